The van der Waals surface area contributed by atoms with Gasteiger partial charge in [0.15, 0.2) is 9.84 Å². The Bertz CT molecular complexity index is 581. The van der Waals surface area contributed by atoms with Gasteiger partial charge in [-0.1, -0.05) is 18.9 Å². The summed E-state index contributed by atoms with van der Waals surface area (Å²) < 4.78 is 23.1. The van der Waals surface area contributed by atoms with Crippen LogP contribution in [0.3, 0.4) is 0 Å². The molecular formula is C15H23NO4S. The van der Waals surface area contributed by atoms with Crippen LogP contribution in [0.2, 0.25) is 0 Å². The van der Waals surface area contributed by atoms with E-state index in [0.29, 0.717) is 12.1 Å². The lowest BCUT2D eigenvalue weighted by atomic mass is 10.1. The Hall–Kier alpha value is -1.40. The van der Waals surface area contributed by atoms with Crippen LogP contribution in [0.5, 0.6) is 0 Å². The van der Waals surface area contributed by atoms with Gasteiger partial charge in [-0.25, -0.2) is 8.42 Å². The van der Waals surface area contributed by atoms with Crippen molar-refractivity contribution in [3.05, 3.63) is 29.3 Å². The van der Waals surface area contributed by atoms with E-state index in [9.17, 15) is 13.2 Å². The molecule has 0 spiro atoms. The second-order valence-corrected chi connectivity index (χ2v) is 7.16. The van der Waals surface area contributed by atoms with Crippen molar-refractivity contribution in [3.8, 4) is 0 Å². The summed E-state index contributed by atoms with van der Waals surface area (Å²) >= 11 is 0. The van der Waals surface area contributed by atoms with Crippen LogP contribution in [-0.4, -0.2) is 38.8 Å². The van der Waals surface area contributed by atoms with Gasteiger partial charge in [0.25, 0.3) is 5.91 Å². The van der Waals surface area contributed by atoms with E-state index >= 15 is 0 Å². The topological polar surface area (TPSA) is 83.5 Å². The molecule has 0 saturated heterocycles. The molecule has 1 rings (SSSR count). The third-order valence-corrected chi connectivity index (χ3v) is 4.36. The van der Waals surface area contributed by atoms with Crippen molar-refractivity contribution >= 4 is 15.7 Å². The highest BCUT2D eigenvalue weighted by Crippen LogP contribution is 2.15. The fourth-order valence-electron chi connectivity index (χ4n) is 1.96. The number of hydrogen-bond donors (Lipinski definition) is 2. The predicted octanol–water partition coefficient (Wildman–Crippen LogP) is 1.68. The first-order valence-electron chi connectivity index (χ1n) is 7.06. The standard InChI is InChI=1S/C15H23NO4S/c1-12-7-8-13(21(2,19)20)11-14(12)15(18)16-9-5-3-4-6-10-17/h7-8,11,17H,3-6,9-10H2,1-2H3,(H,16,18). The highest BCUT2D eigenvalue weighted by Gasteiger charge is 2.13. The molecule has 6 heteroatoms. The Morgan fingerprint density at radius 1 is 1.19 bits per heavy atom. The van der Waals surface area contributed by atoms with Gasteiger partial charge in [-0.05, 0) is 37.5 Å². The minimum atomic E-state index is -3.31. The molecular weight excluding hydrogens is 290 g/mol. The highest BCUT2D eigenvalue weighted by atomic mass is 32.2. The zero-order valence-corrected chi connectivity index (χ0v) is 13.4. The lowest BCUT2D eigenvalue weighted by molar-refractivity contribution is 0.0952. The summed E-state index contributed by atoms with van der Waals surface area (Å²) in [5, 5.41) is 11.5. The van der Waals surface area contributed by atoms with Gasteiger partial charge in [0.2, 0.25) is 0 Å². The molecule has 21 heavy (non-hydrogen) atoms. The summed E-state index contributed by atoms with van der Waals surface area (Å²) in [6.45, 7) is 2.53. The van der Waals surface area contributed by atoms with Crippen molar-refractivity contribution in [2.24, 2.45) is 0 Å². The van der Waals surface area contributed by atoms with Gasteiger partial charge in [0, 0.05) is 25.0 Å². The number of carbonyl (C=O) groups excluding carboxylic acids is 1. The van der Waals surface area contributed by atoms with Crippen molar-refractivity contribution in [1.29, 1.82) is 0 Å². The van der Waals surface area contributed by atoms with Gasteiger partial charge in [0.05, 0.1) is 4.90 Å². The second-order valence-electron chi connectivity index (χ2n) is 5.14. The fraction of sp³-hybridized carbons (Fsp3) is 0.533. The molecule has 0 fully saturated rings. The largest absolute Gasteiger partial charge is 0.396 e. The number of aryl methyl sites for hydroxylation is 1. The lowest BCUT2D eigenvalue weighted by Gasteiger charge is -2.09. The number of aliphatic hydroxyl groups is 1. The third kappa shape index (κ3) is 5.85. The maximum absolute atomic E-state index is 12.1. The Balaban J connectivity index is 2.62. The number of nitrogens with one attached hydrogen (secondary N) is 1. The van der Waals surface area contributed by atoms with Crippen LogP contribution in [0.1, 0.15) is 41.6 Å². The third-order valence-electron chi connectivity index (χ3n) is 3.25. The van der Waals surface area contributed by atoms with Gasteiger partial charge in [-0.3, -0.25) is 4.79 Å². The van der Waals surface area contributed by atoms with Gasteiger partial charge >= 0.3 is 0 Å². The van der Waals surface area contributed by atoms with Crippen molar-refractivity contribution in [2.75, 3.05) is 19.4 Å². The van der Waals surface area contributed by atoms with Crippen LogP contribution >= 0.6 is 0 Å². The number of hydrogen-bond acceptors (Lipinski definition) is 4. The molecule has 0 saturated carbocycles. The Kier molecular flexibility index (Phi) is 6.84. The number of carbonyl (C=O) groups is 1. The molecule has 0 heterocycles. The summed E-state index contributed by atoms with van der Waals surface area (Å²) in [5.41, 5.74) is 1.15. The zero-order chi connectivity index (χ0) is 15.9. The molecule has 0 radical (unpaired) electrons. The maximum Gasteiger partial charge on any atom is 0.251 e. The van der Waals surface area contributed by atoms with Crippen molar-refractivity contribution < 1.29 is 18.3 Å². The molecule has 0 bridgehead atoms. The van der Waals surface area contributed by atoms with E-state index in [1.54, 1.807) is 13.0 Å². The van der Waals surface area contributed by atoms with Crippen molar-refractivity contribution in [3.63, 3.8) is 0 Å². The number of unbranched alkanes of at least 4 members (excludes halogenated alkanes) is 3. The summed E-state index contributed by atoms with van der Waals surface area (Å²) in [5.74, 6) is -0.250. The monoisotopic (exact) mass is 313 g/mol. The smallest absolute Gasteiger partial charge is 0.251 e. The maximum atomic E-state index is 12.1. The average molecular weight is 313 g/mol. The minimum Gasteiger partial charge on any atom is -0.396 e. The number of benzene rings is 1. The molecule has 0 aliphatic rings. The normalized spacial score (nSPS) is 11.4. The van der Waals surface area contributed by atoms with Gasteiger partial charge in [-0.2, -0.15) is 0 Å². The Morgan fingerprint density at radius 3 is 2.48 bits per heavy atom. The fourth-order valence-corrected chi connectivity index (χ4v) is 2.61. The molecule has 0 atom stereocenters. The SMILES string of the molecule is Cc1ccc(S(C)(=O)=O)cc1C(=O)NCCCCCCO. The van der Waals surface area contributed by atoms with Crippen molar-refractivity contribution in [1.82, 2.24) is 5.32 Å². The number of aliphatic hydroxyl groups excluding tert-OH is 1. The van der Waals surface area contributed by atoms with Gasteiger partial charge in [-0.15, -0.1) is 0 Å². The minimum absolute atomic E-state index is 0.154. The molecule has 0 unspecified atom stereocenters. The number of rotatable bonds is 8. The van der Waals surface area contributed by atoms with E-state index in [1.807, 2.05) is 0 Å². The molecule has 1 aromatic rings. The van der Waals surface area contributed by atoms with E-state index in [4.69, 9.17) is 5.11 Å². The van der Waals surface area contributed by atoms with Crippen LogP contribution in [0, 0.1) is 6.92 Å². The molecule has 1 aromatic carbocycles. The van der Waals surface area contributed by atoms with Crippen LogP contribution in [0.15, 0.2) is 23.1 Å². The molecule has 1 amide bonds. The molecule has 5 nitrogen and oxygen atoms in total. The lowest BCUT2D eigenvalue weighted by Crippen LogP contribution is -2.25. The molecule has 0 aliphatic heterocycles. The first-order chi connectivity index (χ1) is 9.86. The first kappa shape index (κ1) is 17.7. The highest BCUT2D eigenvalue weighted by molar-refractivity contribution is 7.90. The van der Waals surface area contributed by atoms with E-state index in [0.717, 1.165) is 37.5 Å². The average Bonchev–Trinajstić information content (AvgIpc) is 2.41. The zero-order valence-electron chi connectivity index (χ0n) is 12.6. The Morgan fingerprint density at radius 2 is 1.86 bits per heavy atom. The van der Waals surface area contributed by atoms with E-state index < -0.39 is 9.84 Å². The molecule has 0 aliphatic carbocycles. The van der Waals surface area contributed by atoms with Crippen LogP contribution < -0.4 is 5.32 Å². The summed E-state index contributed by atoms with van der Waals surface area (Å²) in [6.07, 6.45) is 4.64. The molecule has 118 valence electrons. The van der Waals surface area contributed by atoms with Crippen LogP contribution in [0.4, 0.5) is 0 Å². The molecule has 2 N–H and O–H groups in total. The van der Waals surface area contributed by atoms with Crippen LogP contribution in [0.25, 0.3) is 0 Å². The summed E-state index contributed by atoms with van der Waals surface area (Å²) in [6, 6.07) is 4.58. The van der Waals surface area contributed by atoms with Crippen molar-refractivity contribution in [2.45, 2.75) is 37.5 Å². The number of sulfone groups is 1. The second kappa shape index (κ2) is 8.14. The van der Waals surface area contributed by atoms with E-state index in [2.05, 4.69) is 5.32 Å². The van der Waals surface area contributed by atoms with Gasteiger partial charge in [0.1, 0.15) is 0 Å². The Labute approximate surface area is 126 Å². The number of amides is 1. The summed E-state index contributed by atoms with van der Waals surface area (Å²) in [7, 11) is -3.31. The summed E-state index contributed by atoms with van der Waals surface area (Å²) in [4.78, 5) is 12.2. The van der Waals surface area contributed by atoms with Gasteiger partial charge < -0.3 is 10.4 Å². The quantitative estimate of drug-likeness (QED) is 0.715. The molecule has 0 aromatic heterocycles. The predicted molar refractivity (Wildman–Crippen MR) is 82.2 cm³/mol. The van der Waals surface area contributed by atoms with E-state index in [1.165, 1.54) is 12.1 Å². The van der Waals surface area contributed by atoms with Crippen LogP contribution in [-0.2, 0) is 9.84 Å². The van der Waals surface area contributed by atoms with E-state index in [-0.39, 0.29) is 17.4 Å². The first-order valence-corrected chi connectivity index (χ1v) is 8.95.